The molecule has 0 aromatic carbocycles. The molecule has 1 heteroatoms. The van der Waals surface area contributed by atoms with Crippen molar-refractivity contribution < 1.29 is 0 Å². The van der Waals surface area contributed by atoms with Crippen molar-refractivity contribution in [2.24, 2.45) is 5.92 Å². The molecule has 0 amide bonds. The highest BCUT2D eigenvalue weighted by Crippen LogP contribution is 2.41. The van der Waals surface area contributed by atoms with Crippen molar-refractivity contribution in [1.29, 1.82) is 0 Å². The van der Waals surface area contributed by atoms with Crippen LogP contribution in [-0.2, 0) is 0 Å². The lowest BCUT2D eigenvalue weighted by atomic mass is 9.97. The largest absolute Gasteiger partial charge is 0.264 e. The third-order valence-corrected chi connectivity index (χ3v) is 2.81. The van der Waals surface area contributed by atoms with Crippen molar-refractivity contribution in [2.45, 2.75) is 33.6 Å². The summed E-state index contributed by atoms with van der Waals surface area (Å²) in [5.41, 5.74) is 4.79. The predicted molar refractivity (Wildman–Crippen MR) is 72.2 cm³/mol. The summed E-state index contributed by atoms with van der Waals surface area (Å²) in [6.07, 6.45) is 8.25. The minimum absolute atomic E-state index is 0.692. The molecule has 0 aliphatic heterocycles. The van der Waals surface area contributed by atoms with E-state index in [9.17, 15) is 0 Å². The van der Waals surface area contributed by atoms with Gasteiger partial charge in [-0.2, -0.15) is 0 Å². The highest BCUT2D eigenvalue weighted by atomic mass is 14.6. The lowest BCUT2D eigenvalue weighted by Crippen LogP contribution is -1.94. The molecule has 86 valence electrons. The fourth-order valence-electron chi connectivity index (χ4n) is 1.75. The Labute approximate surface area is 98.9 Å². The first-order valence-electron chi connectivity index (χ1n) is 6.00. The quantitative estimate of drug-likeness (QED) is 0.724. The van der Waals surface area contributed by atoms with Crippen LogP contribution in [0.5, 0.6) is 0 Å². The lowest BCUT2D eigenvalue weighted by molar-refractivity contribution is 1.13. The van der Waals surface area contributed by atoms with E-state index < -0.39 is 0 Å². The number of nitrogens with zero attached hydrogens (tertiary/aromatic N) is 1. The second-order valence-electron chi connectivity index (χ2n) is 3.92. The van der Waals surface area contributed by atoms with E-state index in [1.54, 1.807) is 0 Å². The molecule has 0 atom stereocenters. The molecule has 16 heavy (non-hydrogen) atoms. The lowest BCUT2D eigenvalue weighted by Gasteiger charge is -2.09. The molecule has 0 spiro atoms. The maximum absolute atomic E-state index is 4.22. The van der Waals surface area contributed by atoms with Crippen LogP contribution in [0.4, 0.5) is 0 Å². The molecule has 0 unspecified atom stereocenters. The summed E-state index contributed by atoms with van der Waals surface area (Å²) in [4.78, 5) is 4.22. The first kappa shape index (κ1) is 12.7. The average molecular weight is 215 g/mol. The summed E-state index contributed by atoms with van der Waals surface area (Å²) in [6.45, 7) is 14.1. The molecule has 1 aliphatic rings. The summed E-state index contributed by atoms with van der Waals surface area (Å²) in [7, 11) is 0. The second kappa shape index (κ2) is 5.64. The van der Waals surface area contributed by atoms with E-state index in [0.717, 1.165) is 0 Å². The first-order chi connectivity index (χ1) is 7.74. The molecule has 2 rings (SSSR count). The number of rotatable bonds is 3. The number of aromatic nitrogens is 1. The van der Waals surface area contributed by atoms with Gasteiger partial charge < -0.3 is 0 Å². The van der Waals surface area contributed by atoms with E-state index in [1.165, 1.54) is 35.1 Å². The minimum atomic E-state index is 0.692. The molecule has 1 heterocycles. The SMILES string of the molecule is C=Cc1c(C)cncc1C(=C)C1CC1.CC. The highest BCUT2D eigenvalue weighted by Gasteiger charge is 2.26. The van der Waals surface area contributed by atoms with Crippen molar-refractivity contribution >= 4 is 11.6 Å². The zero-order valence-corrected chi connectivity index (χ0v) is 10.6. The monoisotopic (exact) mass is 215 g/mol. The van der Waals surface area contributed by atoms with Gasteiger partial charge in [-0.25, -0.2) is 0 Å². The van der Waals surface area contributed by atoms with Gasteiger partial charge in [0.2, 0.25) is 0 Å². The van der Waals surface area contributed by atoms with Gasteiger partial charge in [-0.3, -0.25) is 4.98 Å². The van der Waals surface area contributed by atoms with Crippen LogP contribution < -0.4 is 0 Å². The number of pyridine rings is 1. The van der Waals surface area contributed by atoms with Crippen molar-refractivity contribution in [1.82, 2.24) is 4.98 Å². The molecule has 1 aromatic rings. The molecule has 1 nitrogen and oxygen atoms in total. The topological polar surface area (TPSA) is 12.9 Å². The summed E-state index contributed by atoms with van der Waals surface area (Å²) >= 11 is 0. The van der Waals surface area contributed by atoms with Crippen LogP contribution in [0.2, 0.25) is 0 Å². The van der Waals surface area contributed by atoms with Crippen LogP contribution in [0.15, 0.2) is 25.6 Å². The van der Waals surface area contributed by atoms with E-state index in [1.807, 2.05) is 32.3 Å². The van der Waals surface area contributed by atoms with Crippen molar-refractivity contribution in [3.63, 3.8) is 0 Å². The molecule has 0 bridgehead atoms. The van der Waals surface area contributed by atoms with E-state index in [0.29, 0.717) is 5.92 Å². The molecule has 1 aliphatic carbocycles. The van der Waals surface area contributed by atoms with Gasteiger partial charge in [0.1, 0.15) is 0 Å². The zero-order valence-electron chi connectivity index (χ0n) is 10.6. The van der Waals surface area contributed by atoms with E-state index in [-0.39, 0.29) is 0 Å². The fourth-order valence-corrected chi connectivity index (χ4v) is 1.75. The molecular formula is C15H21N. The third kappa shape index (κ3) is 2.60. The van der Waals surface area contributed by atoms with Crippen molar-refractivity contribution in [2.75, 3.05) is 0 Å². The molecule has 1 aromatic heterocycles. The molecule has 1 fully saturated rings. The van der Waals surface area contributed by atoms with Crippen LogP contribution in [0.25, 0.3) is 11.6 Å². The van der Waals surface area contributed by atoms with Gasteiger partial charge in [0.05, 0.1) is 0 Å². The summed E-state index contributed by atoms with van der Waals surface area (Å²) in [6, 6.07) is 0. The second-order valence-corrected chi connectivity index (χ2v) is 3.92. The van der Waals surface area contributed by atoms with E-state index in [4.69, 9.17) is 0 Å². The Morgan fingerprint density at radius 1 is 1.38 bits per heavy atom. The van der Waals surface area contributed by atoms with Crippen LogP contribution in [0, 0.1) is 12.8 Å². The van der Waals surface area contributed by atoms with E-state index >= 15 is 0 Å². The summed E-state index contributed by atoms with van der Waals surface area (Å²) < 4.78 is 0. The Morgan fingerprint density at radius 2 is 2.00 bits per heavy atom. The predicted octanol–water partition coefficient (Wildman–Crippen LogP) is 4.48. The number of hydrogen-bond acceptors (Lipinski definition) is 1. The van der Waals surface area contributed by atoms with Crippen molar-refractivity contribution in [3.05, 3.63) is 42.2 Å². The summed E-state index contributed by atoms with van der Waals surface area (Å²) in [5, 5.41) is 0. The molecule has 0 saturated heterocycles. The number of allylic oxidation sites excluding steroid dienone is 1. The van der Waals surface area contributed by atoms with Crippen LogP contribution in [0.3, 0.4) is 0 Å². The van der Waals surface area contributed by atoms with Crippen LogP contribution >= 0.6 is 0 Å². The minimum Gasteiger partial charge on any atom is -0.264 e. The smallest absolute Gasteiger partial charge is 0.0349 e. The zero-order chi connectivity index (χ0) is 12.1. The first-order valence-corrected chi connectivity index (χ1v) is 6.00. The molecular weight excluding hydrogens is 194 g/mol. The summed E-state index contributed by atoms with van der Waals surface area (Å²) in [5.74, 6) is 0.692. The van der Waals surface area contributed by atoms with Gasteiger partial charge in [-0.05, 0) is 42.4 Å². The highest BCUT2D eigenvalue weighted by molar-refractivity contribution is 5.75. The third-order valence-electron chi connectivity index (χ3n) is 2.81. The standard InChI is InChI=1S/C13H15N.C2H6/c1-4-12-9(2)7-14-8-13(12)10(3)11-5-6-11;1-2/h4,7-8,11H,1,3,5-6H2,2H3;1-2H3. The Bertz CT molecular complexity index is 386. The average Bonchev–Trinajstić information content (AvgIpc) is 3.14. The molecule has 0 radical (unpaired) electrons. The van der Waals surface area contributed by atoms with Crippen LogP contribution in [0.1, 0.15) is 43.4 Å². The van der Waals surface area contributed by atoms with Gasteiger partial charge in [-0.1, -0.05) is 33.1 Å². The Kier molecular flexibility index (Phi) is 4.48. The van der Waals surface area contributed by atoms with Gasteiger partial charge in [0.15, 0.2) is 0 Å². The van der Waals surface area contributed by atoms with Crippen LogP contribution in [-0.4, -0.2) is 4.98 Å². The Morgan fingerprint density at radius 3 is 2.50 bits per heavy atom. The maximum atomic E-state index is 4.22. The van der Waals surface area contributed by atoms with Gasteiger partial charge in [0, 0.05) is 18.0 Å². The van der Waals surface area contributed by atoms with E-state index in [2.05, 4.69) is 25.1 Å². The normalized spacial score (nSPS) is 13.7. The molecule has 0 N–H and O–H groups in total. The Balaban J connectivity index is 0.000000606. The molecule has 1 saturated carbocycles. The fraction of sp³-hybridized carbons (Fsp3) is 0.400. The number of hydrogen-bond donors (Lipinski definition) is 0. The van der Waals surface area contributed by atoms with Gasteiger partial charge >= 0.3 is 0 Å². The van der Waals surface area contributed by atoms with Gasteiger partial charge in [-0.15, -0.1) is 0 Å². The van der Waals surface area contributed by atoms with Crippen molar-refractivity contribution in [3.8, 4) is 0 Å². The number of aryl methyl sites for hydroxylation is 1. The maximum Gasteiger partial charge on any atom is 0.0349 e. The Hall–Kier alpha value is -1.37. The van der Waals surface area contributed by atoms with Gasteiger partial charge in [0.25, 0.3) is 0 Å².